The number of hydrogen-bond donors (Lipinski definition) is 0. The number of hydrogen-bond acceptors (Lipinski definition) is 3. The van der Waals surface area contributed by atoms with Crippen LogP contribution in [0, 0.1) is 0 Å². The molecule has 0 radical (unpaired) electrons. The van der Waals surface area contributed by atoms with Crippen molar-refractivity contribution in [3.05, 3.63) is 24.3 Å². The third kappa shape index (κ3) is 2.46. The summed E-state index contributed by atoms with van der Waals surface area (Å²) >= 11 is 0. The van der Waals surface area contributed by atoms with Gasteiger partial charge in [-0.25, -0.2) is 0 Å². The molecule has 3 heteroatoms. The van der Waals surface area contributed by atoms with Crippen molar-refractivity contribution in [1.29, 1.82) is 0 Å². The molecule has 19 heavy (non-hydrogen) atoms. The first-order valence-corrected chi connectivity index (χ1v) is 7.20. The highest BCUT2D eigenvalue weighted by molar-refractivity contribution is 5.83. The van der Waals surface area contributed by atoms with Crippen LogP contribution < -0.4 is 9.64 Å². The van der Waals surface area contributed by atoms with Crippen LogP contribution in [0.3, 0.4) is 0 Å². The highest BCUT2D eigenvalue weighted by Gasteiger charge is 2.39. The molecule has 2 bridgehead atoms. The summed E-state index contributed by atoms with van der Waals surface area (Å²) in [6, 6.07) is 9.15. The minimum absolute atomic E-state index is 0.203. The van der Waals surface area contributed by atoms with Crippen molar-refractivity contribution in [3.63, 3.8) is 0 Å². The molecule has 2 aliphatic rings. The topological polar surface area (TPSA) is 29.5 Å². The summed E-state index contributed by atoms with van der Waals surface area (Å²) in [4.78, 5) is 14.1. The molecule has 2 saturated heterocycles. The molecule has 0 amide bonds. The molecular formula is C16H21NO2. The monoisotopic (exact) mass is 259 g/mol. The molecule has 2 heterocycles. The van der Waals surface area contributed by atoms with E-state index in [1.54, 1.807) is 0 Å². The van der Waals surface area contributed by atoms with E-state index in [9.17, 15) is 4.79 Å². The van der Waals surface area contributed by atoms with Crippen LogP contribution in [0.5, 0.6) is 5.75 Å². The minimum atomic E-state index is 0.203. The van der Waals surface area contributed by atoms with Gasteiger partial charge in [-0.2, -0.15) is 0 Å². The second-order valence-corrected chi connectivity index (χ2v) is 5.90. The van der Waals surface area contributed by atoms with Gasteiger partial charge in [0.05, 0.1) is 6.10 Å². The number of carbonyl (C=O) groups excluding carboxylic acids is 1. The fraction of sp³-hybridized carbons (Fsp3) is 0.562. The molecule has 102 valence electrons. The molecule has 0 spiro atoms. The average Bonchev–Trinajstić information content (AvgIpc) is 2.63. The molecule has 0 saturated carbocycles. The highest BCUT2D eigenvalue weighted by Crippen LogP contribution is 2.38. The first-order valence-electron chi connectivity index (χ1n) is 7.20. The second-order valence-electron chi connectivity index (χ2n) is 5.90. The van der Waals surface area contributed by atoms with Gasteiger partial charge in [0, 0.05) is 30.6 Å². The van der Waals surface area contributed by atoms with Gasteiger partial charge in [-0.1, -0.05) is 0 Å². The normalized spacial score (nSPS) is 26.1. The van der Waals surface area contributed by atoms with Gasteiger partial charge in [0.15, 0.2) is 0 Å². The van der Waals surface area contributed by atoms with Gasteiger partial charge in [-0.05, 0) is 51.0 Å². The molecule has 0 N–H and O–H groups in total. The van der Waals surface area contributed by atoms with Crippen LogP contribution in [-0.4, -0.2) is 24.0 Å². The van der Waals surface area contributed by atoms with Gasteiger partial charge in [0.2, 0.25) is 0 Å². The zero-order valence-corrected chi connectivity index (χ0v) is 11.6. The van der Waals surface area contributed by atoms with Gasteiger partial charge >= 0.3 is 0 Å². The number of nitrogens with zero attached hydrogens (tertiary/aromatic N) is 1. The maximum atomic E-state index is 11.6. The molecule has 0 aromatic heterocycles. The first kappa shape index (κ1) is 12.5. The number of fused-ring (bicyclic) bond motifs is 2. The zero-order valence-electron chi connectivity index (χ0n) is 11.6. The van der Waals surface area contributed by atoms with Gasteiger partial charge in [0.1, 0.15) is 11.5 Å². The number of rotatable bonds is 3. The SMILES string of the molecule is CC(C)Oc1ccc(N2C3CCC2CC(=O)C3)cc1. The van der Waals surface area contributed by atoms with Crippen LogP contribution >= 0.6 is 0 Å². The first-order chi connectivity index (χ1) is 9.13. The van der Waals surface area contributed by atoms with Crippen molar-refractivity contribution in [2.45, 2.75) is 57.7 Å². The summed E-state index contributed by atoms with van der Waals surface area (Å²) in [5, 5.41) is 0. The van der Waals surface area contributed by atoms with E-state index in [-0.39, 0.29) is 6.10 Å². The van der Waals surface area contributed by atoms with Crippen molar-refractivity contribution >= 4 is 11.5 Å². The smallest absolute Gasteiger partial charge is 0.137 e. The van der Waals surface area contributed by atoms with Crippen molar-refractivity contribution in [1.82, 2.24) is 0 Å². The standard InChI is InChI=1S/C16H21NO2/c1-11(2)19-16-7-5-12(6-8-16)17-13-3-4-14(17)10-15(18)9-13/h5-8,11,13-14H,3-4,9-10H2,1-2H3. The van der Waals surface area contributed by atoms with Crippen molar-refractivity contribution in [3.8, 4) is 5.75 Å². The maximum absolute atomic E-state index is 11.6. The lowest BCUT2D eigenvalue weighted by molar-refractivity contribution is -0.120. The van der Waals surface area contributed by atoms with E-state index in [1.165, 1.54) is 5.69 Å². The Hall–Kier alpha value is -1.51. The van der Waals surface area contributed by atoms with Crippen LogP contribution in [0.25, 0.3) is 0 Å². The number of carbonyl (C=O) groups is 1. The number of anilines is 1. The summed E-state index contributed by atoms with van der Waals surface area (Å²) in [5.74, 6) is 1.35. The Kier molecular flexibility index (Phi) is 3.21. The van der Waals surface area contributed by atoms with E-state index in [1.807, 2.05) is 26.0 Å². The molecule has 3 nitrogen and oxygen atoms in total. The lowest BCUT2D eigenvalue weighted by Crippen LogP contribution is -2.43. The summed E-state index contributed by atoms with van der Waals surface area (Å²) < 4.78 is 5.67. The predicted octanol–water partition coefficient (Wildman–Crippen LogP) is 3.17. The molecule has 2 fully saturated rings. The molecular weight excluding hydrogens is 238 g/mol. The molecule has 1 aromatic rings. The van der Waals surface area contributed by atoms with E-state index in [0.717, 1.165) is 31.4 Å². The number of ketones is 1. The molecule has 3 rings (SSSR count). The predicted molar refractivity (Wildman–Crippen MR) is 75.7 cm³/mol. The summed E-state index contributed by atoms with van der Waals surface area (Å²) in [5.41, 5.74) is 1.23. The summed E-state index contributed by atoms with van der Waals surface area (Å²) in [6.07, 6.45) is 3.96. The Bertz CT molecular complexity index is 450. The summed E-state index contributed by atoms with van der Waals surface area (Å²) in [6.45, 7) is 4.06. The second kappa shape index (κ2) is 4.87. The van der Waals surface area contributed by atoms with Crippen molar-refractivity contribution < 1.29 is 9.53 Å². The van der Waals surface area contributed by atoms with Gasteiger partial charge in [-0.3, -0.25) is 4.79 Å². The lowest BCUT2D eigenvalue weighted by atomic mass is 10.0. The van der Waals surface area contributed by atoms with E-state index in [2.05, 4.69) is 17.0 Å². The third-order valence-corrected chi connectivity index (χ3v) is 4.05. The van der Waals surface area contributed by atoms with Crippen LogP contribution in [0.15, 0.2) is 24.3 Å². The Labute approximate surface area is 114 Å². The molecule has 0 aliphatic carbocycles. The molecule has 2 aliphatic heterocycles. The maximum Gasteiger partial charge on any atom is 0.137 e. The van der Waals surface area contributed by atoms with Crippen LogP contribution in [0.2, 0.25) is 0 Å². The zero-order chi connectivity index (χ0) is 13.4. The number of piperidine rings is 1. The van der Waals surface area contributed by atoms with Gasteiger partial charge in [0.25, 0.3) is 0 Å². The van der Waals surface area contributed by atoms with Crippen LogP contribution in [-0.2, 0) is 4.79 Å². The van der Waals surface area contributed by atoms with Gasteiger partial charge < -0.3 is 9.64 Å². The number of Topliss-reactive ketones (excluding diaryl/α,β-unsaturated/α-hetero) is 1. The highest BCUT2D eigenvalue weighted by atomic mass is 16.5. The molecule has 2 unspecified atom stereocenters. The van der Waals surface area contributed by atoms with Crippen molar-refractivity contribution in [2.75, 3.05) is 4.90 Å². The Morgan fingerprint density at radius 1 is 1.11 bits per heavy atom. The van der Waals surface area contributed by atoms with E-state index in [4.69, 9.17) is 4.74 Å². The quantitative estimate of drug-likeness (QED) is 0.835. The lowest BCUT2D eigenvalue weighted by Gasteiger charge is -2.36. The van der Waals surface area contributed by atoms with Crippen LogP contribution in [0.4, 0.5) is 5.69 Å². The van der Waals surface area contributed by atoms with E-state index in [0.29, 0.717) is 17.9 Å². The number of ether oxygens (including phenoxy) is 1. The van der Waals surface area contributed by atoms with E-state index >= 15 is 0 Å². The van der Waals surface area contributed by atoms with Gasteiger partial charge in [-0.15, -0.1) is 0 Å². The fourth-order valence-electron chi connectivity index (χ4n) is 3.36. The third-order valence-electron chi connectivity index (χ3n) is 4.05. The van der Waals surface area contributed by atoms with Crippen LogP contribution in [0.1, 0.15) is 39.5 Å². The van der Waals surface area contributed by atoms with Crippen molar-refractivity contribution in [2.24, 2.45) is 0 Å². The molecule has 1 aromatic carbocycles. The largest absolute Gasteiger partial charge is 0.491 e. The number of benzene rings is 1. The Balaban J connectivity index is 1.78. The molecule has 2 atom stereocenters. The Morgan fingerprint density at radius 3 is 2.21 bits per heavy atom. The minimum Gasteiger partial charge on any atom is -0.491 e. The fourth-order valence-corrected chi connectivity index (χ4v) is 3.36. The summed E-state index contributed by atoms with van der Waals surface area (Å²) in [7, 11) is 0. The Morgan fingerprint density at radius 2 is 1.68 bits per heavy atom. The average molecular weight is 259 g/mol. The van der Waals surface area contributed by atoms with E-state index < -0.39 is 0 Å².